The number of anilines is 1. The van der Waals surface area contributed by atoms with Gasteiger partial charge in [-0.2, -0.15) is 0 Å². The first-order valence-corrected chi connectivity index (χ1v) is 8.40. The van der Waals surface area contributed by atoms with Crippen LogP contribution in [0.2, 0.25) is 0 Å². The number of hydrogen-bond acceptors (Lipinski definition) is 4. The molecule has 2 aromatic rings. The molecule has 6 nitrogen and oxygen atoms in total. The molecule has 0 saturated carbocycles. The second-order valence-corrected chi connectivity index (χ2v) is 5.94. The summed E-state index contributed by atoms with van der Waals surface area (Å²) < 4.78 is 7.31. The Balaban J connectivity index is 1.66. The summed E-state index contributed by atoms with van der Waals surface area (Å²) in [5, 5.41) is 0. The molecule has 0 spiro atoms. The monoisotopic (exact) mass is 328 g/mol. The summed E-state index contributed by atoms with van der Waals surface area (Å²) in [5.41, 5.74) is 2.34. The minimum Gasteiger partial charge on any atom is -0.372 e. The van der Waals surface area contributed by atoms with E-state index in [4.69, 9.17) is 4.74 Å². The molecule has 1 aliphatic heterocycles. The molecule has 0 aliphatic carbocycles. The highest BCUT2D eigenvalue weighted by molar-refractivity contribution is 5.77. The normalized spacial score (nSPS) is 14.9. The Kier molecular flexibility index (Phi) is 5.15. The van der Waals surface area contributed by atoms with E-state index in [1.807, 2.05) is 24.2 Å². The van der Waals surface area contributed by atoms with Crippen LogP contribution >= 0.6 is 0 Å². The van der Waals surface area contributed by atoms with Gasteiger partial charge in [-0.15, -0.1) is 0 Å². The first-order valence-electron chi connectivity index (χ1n) is 8.40. The summed E-state index contributed by atoms with van der Waals surface area (Å²) in [6.07, 6.45) is 3.80. The Hall–Kier alpha value is -2.34. The van der Waals surface area contributed by atoms with Gasteiger partial charge in [-0.3, -0.25) is 9.36 Å². The molecule has 3 rings (SSSR count). The highest BCUT2D eigenvalue weighted by Crippen LogP contribution is 2.20. The van der Waals surface area contributed by atoms with Crippen LogP contribution in [0, 0.1) is 6.92 Å². The number of ether oxygens (including phenoxy) is 1. The summed E-state index contributed by atoms with van der Waals surface area (Å²) in [6, 6.07) is 8.40. The van der Waals surface area contributed by atoms with Crippen LogP contribution in [0.4, 0.5) is 5.95 Å². The van der Waals surface area contributed by atoms with E-state index in [0.717, 1.165) is 24.7 Å². The van der Waals surface area contributed by atoms with Crippen molar-refractivity contribution >= 4 is 11.9 Å². The third kappa shape index (κ3) is 3.59. The van der Waals surface area contributed by atoms with Gasteiger partial charge in [0, 0.05) is 50.9 Å². The predicted molar refractivity (Wildman–Crippen MR) is 93.6 cm³/mol. The highest BCUT2D eigenvalue weighted by Gasteiger charge is 2.23. The molecule has 128 valence electrons. The number of nitrogens with zero attached hydrogens (tertiary/aromatic N) is 4. The summed E-state index contributed by atoms with van der Waals surface area (Å²) in [7, 11) is 0. The molecule has 0 atom stereocenters. The van der Waals surface area contributed by atoms with Gasteiger partial charge in [0.1, 0.15) is 6.61 Å². The van der Waals surface area contributed by atoms with Gasteiger partial charge >= 0.3 is 0 Å². The van der Waals surface area contributed by atoms with E-state index in [0.29, 0.717) is 19.7 Å². The molecule has 1 aromatic heterocycles. The van der Waals surface area contributed by atoms with Crippen LogP contribution in [0.15, 0.2) is 36.7 Å². The Morgan fingerprint density at radius 2 is 1.88 bits per heavy atom. The minimum absolute atomic E-state index is 0.0679. The number of carbonyl (C=O) groups excluding carboxylic acids is 1. The number of amides is 1. The Bertz CT molecular complexity index is 673. The average molecular weight is 328 g/mol. The molecular formula is C18H24N4O2. The maximum atomic E-state index is 12.0. The lowest BCUT2D eigenvalue weighted by Crippen LogP contribution is -2.50. The third-order valence-electron chi connectivity index (χ3n) is 4.28. The van der Waals surface area contributed by atoms with Crippen molar-refractivity contribution in [2.24, 2.45) is 0 Å². The van der Waals surface area contributed by atoms with Crippen molar-refractivity contribution in [2.45, 2.75) is 13.8 Å². The van der Waals surface area contributed by atoms with Gasteiger partial charge in [0.2, 0.25) is 11.9 Å². The molecule has 1 fully saturated rings. The van der Waals surface area contributed by atoms with E-state index in [-0.39, 0.29) is 12.5 Å². The zero-order chi connectivity index (χ0) is 16.9. The number of carbonyl (C=O) groups is 1. The largest absolute Gasteiger partial charge is 0.372 e. The van der Waals surface area contributed by atoms with Gasteiger partial charge in [0.25, 0.3) is 0 Å². The lowest BCUT2D eigenvalue weighted by molar-refractivity contribution is -0.136. The third-order valence-corrected chi connectivity index (χ3v) is 4.28. The van der Waals surface area contributed by atoms with Gasteiger partial charge < -0.3 is 14.5 Å². The number of aromatic nitrogens is 2. The van der Waals surface area contributed by atoms with Crippen molar-refractivity contribution in [1.82, 2.24) is 14.5 Å². The van der Waals surface area contributed by atoms with Gasteiger partial charge in [-0.1, -0.05) is 17.7 Å². The average Bonchev–Trinajstić information content (AvgIpc) is 3.10. The van der Waals surface area contributed by atoms with Gasteiger partial charge in [0.05, 0.1) is 0 Å². The maximum Gasteiger partial charge on any atom is 0.248 e. The fraction of sp³-hybridized carbons (Fsp3) is 0.444. The molecule has 1 aliphatic rings. The summed E-state index contributed by atoms with van der Waals surface area (Å²) in [5.74, 6) is 0.995. The van der Waals surface area contributed by atoms with Crippen LogP contribution in [0.25, 0.3) is 5.69 Å². The second-order valence-electron chi connectivity index (χ2n) is 5.94. The number of benzene rings is 1. The molecule has 1 amide bonds. The molecule has 0 radical (unpaired) electrons. The fourth-order valence-corrected chi connectivity index (χ4v) is 2.87. The predicted octanol–water partition coefficient (Wildman–Crippen LogP) is 1.87. The van der Waals surface area contributed by atoms with Gasteiger partial charge in [-0.25, -0.2) is 4.98 Å². The number of hydrogen-bond donors (Lipinski definition) is 0. The molecule has 1 saturated heterocycles. The zero-order valence-electron chi connectivity index (χ0n) is 14.3. The second kappa shape index (κ2) is 7.49. The lowest BCUT2D eigenvalue weighted by Gasteiger charge is -2.35. The molecule has 0 unspecified atom stereocenters. The van der Waals surface area contributed by atoms with Gasteiger partial charge in [0.15, 0.2) is 0 Å². The maximum absolute atomic E-state index is 12.0. The number of imidazole rings is 1. The summed E-state index contributed by atoms with van der Waals surface area (Å²) in [4.78, 5) is 20.6. The molecule has 6 heteroatoms. The van der Waals surface area contributed by atoms with Crippen LogP contribution in [0.5, 0.6) is 0 Å². The standard InChI is InChI=1S/C18H24N4O2/c1-3-24-14-17(23)20-10-12-21(13-11-20)18-19-8-9-22(18)16-6-4-15(2)5-7-16/h4-9H,3,10-14H2,1-2H3. The van der Waals surface area contributed by atoms with E-state index in [1.54, 1.807) is 0 Å². The van der Waals surface area contributed by atoms with Crippen LogP contribution in [-0.4, -0.2) is 59.8 Å². The molecule has 2 heterocycles. The molecule has 0 N–H and O–H groups in total. The fourth-order valence-electron chi connectivity index (χ4n) is 2.87. The smallest absolute Gasteiger partial charge is 0.248 e. The van der Waals surface area contributed by atoms with E-state index in [9.17, 15) is 4.79 Å². The van der Waals surface area contributed by atoms with E-state index < -0.39 is 0 Å². The SMILES string of the molecule is CCOCC(=O)N1CCN(c2nccn2-c2ccc(C)cc2)CC1. The number of aryl methyl sites for hydroxylation is 1. The van der Waals surface area contributed by atoms with E-state index in [1.165, 1.54) is 5.56 Å². The number of rotatable bonds is 5. The van der Waals surface area contributed by atoms with E-state index in [2.05, 4.69) is 45.6 Å². The van der Waals surface area contributed by atoms with Crippen LogP contribution in [0.3, 0.4) is 0 Å². The molecule has 24 heavy (non-hydrogen) atoms. The number of piperazine rings is 1. The zero-order valence-corrected chi connectivity index (χ0v) is 14.3. The quantitative estimate of drug-likeness (QED) is 0.841. The molecule has 0 bridgehead atoms. The topological polar surface area (TPSA) is 50.6 Å². The van der Waals surface area contributed by atoms with Crippen LogP contribution in [-0.2, 0) is 9.53 Å². The molecular weight excluding hydrogens is 304 g/mol. The molecule has 1 aromatic carbocycles. The van der Waals surface area contributed by atoms with Crippen molar-refractivity contribution in [3.63, 3.8) is 0 Å². The Morgan fingerprint density at radius 1 is 1.17 bits per heavy atom. The minimum atomic E-state index is 0.0679. The summed E-state index contributed by atoms with van der Waals surface area (Å²) >= 11 is 0. The van der Waals surface area contributed by atoms with Crippen molar-refractivity contribution in [2.75, 3.05) is 44.3 Å². The Morgan fingerprint density at radius 3 is 2.54 bits per heavy atom. The van der Waals surface area contributed by atoms with Crippen LogP contribution in [0.1, 0.15) is 12.5 Å². The first kappa shape index (κ1) is 16.5. The lowest BCUT2D eigenvalue weighted by atomic mass is 10.2. The first-order chi connectivity index (χ1) is 11.7. The van der Waals surface area contributed by atoms with Crippen molar-refractivity contribution in [1.29, 1.82) is 0 Å². The van der Waals surface area contributed by atoms with Crippen molar-refractivity contribution in [3.8, 4) is 5.69 Å². The van der Waals surface area contributed by atoms with Gasteiger partial charge in [-0.05, 0) is 26.0 Å². The van der Waals surface area contributed by atoms with Crippen molar-refractivity contribution < 1.29 is 9.53 Å². The summed E-state index contributed by atoms with van der Waals surface area (Å²) in [6.45, 7) is 7.68. The van der Waals surface area contributed by atoms with E-state index >= 15 is 0 Å². The van der Waals surface area contributed by atoms with Crippen LogP contribution < -0.4 is 4.90 Å². The Labute approximate surface area is 142 Å². The van der Waals surface area contributed by atoms with Crippen molar-refractivity contribution in [3.05, 3.63) is 42.2 Å². The highest BCUT2D eigenvalue weighted by atomic mass is 16.5.